The minimum atomic E-state index is -0.407. The van der Waals surface area contributed by atoms with E-state index < -0.39 is 5.97 Å². The van der Waals surface area contributed by atoms with Gasteiger partial charge in [0.15, 0.2) is 0 Å². The number of rotatable bonds is 6. The summed E-state index contributed by atoms with van der Waals surface area (Å²) in [5.41, 5.74) is 1.40. The highest BCUT2D eigenvalue weighted by Gasteiger charge is 2.19. The summed E-state index contributed by atoms with van der Waals surface area (Å²) >= 11 is 0. The van der Waals surface area contributed by atoms with Gasteiger partial charge in [-0.15, -0.1) is 0 Å². The summed E-state index contributed by atoms with van der Waals surface area (Å²) in [6, 6.07) is 9.78. The highest BCUT2D eigenvalue weighted by Crippen LogP contribution is 2.20. The number of benzene rings is 1. The predicted octanol–water partition coefficient (Wildman–Crippen LogP) is 2.66. The Morgan fingerprint density at radius 3 is 2.65 bits per heavy atom. The van der Waals surface area contributed by atoms with Gasteiger partial charge in [-0.1, -0.05) is 30.3 Å². The summed E-state index contributed by atoms with van der Waals surface area (Å²) in [4.78, 5) is 11.9. The van der Waals surface area contributed by atoms with Crippen molar-refractivity contribution in [3.8, 4) is 5.88 Å². The van der Waals surface area contributed by atoms with E-state index in [1.165, 1.54) is 6.20 Å². The molecule has 5 heteroatoms. The number of ether oxygens (including phenoxy) is 2. The van der Waals surface area contributed by atoms with Gasteiger partial charge in [0.1, 0.15) is 12.2 Å². The summed E-state index contributed by atoms with van der Waals surface area (Å²) in [6.45, 7) is 5.06. The van der Waals surface area contributed by atoms with Crippen molar-refractivity contribution in [1.29, 1.82) is 0 Å². The van der Waals surface area contributed by atoms with Crippen molar-refractivity contribution in [2.24, 2.45) is 0 Å². The maximum atomic E-state index is 11.9. The van der Waals surface area contributed by atoms with Crippen LogP contribution in [0.15, 0.2) is 36.5 Å². The molecule has 0 saturated carbocycles. The number of aromatic nitrogens is 2. The quantitative estimate of drug-likeness (QED) is 0.760. The van der Waals surface area contributed by atoms with Crippen LogP contribution in [-0.2, 0) is 17.9 Å². The fourth-order valence-corrected chi connectivity index (χ4v) is 1.83. The first-order valence-corrected chi connectivity index (χ1v) is 6.65. The first-order chi connectivity index (χ1) is 9.76. The van der Waals surface area contributed by atoms with Gasteiger partial charge in [-0.25, -0.2) is 9.48 Å². The van der Waals surface area contributed by atoms with Gasteiger partial charge in [0.05, 0.1) is 12.8 Å². The molecule has 0 aliphatic heterocycles. The molecule has 0 aliphatic rings. The predicted molar refractivity (Wildman–Crippen MR) is 74.6 cm³/mol. The topological polar surface area (TPSA) is 53.3 Å². The number of nitrogens with zero attached hydrogens (tertiary/aromatic N) is 2. The van der Waals surface area contributed by atoms with Gasteiger partial charge in [0.2, 0.25) is 5.88 Å². The Hall–Kier alpha value is -2.30. The molecule has 0 unspecified atom stereocenters. The lowest BCUT2D eigenvalue weighted by Gasteiger charge is -2.10. The van der Waals surface area contributed by atoms with E-state index in [9.17, 15) is 4.79 Å². The molecule has 0 fully saturated rings. The number of carbonyl (C=O) groups is 1. The van der Waals surface area contributed by atoms with Crippen molar-refractivity contribution in [3.63, 3.8) is 0 Å². The third-order valence-corrected chi connectivity index (χ3v) is 2.80. The van der Waals surface area contributed by atoms with Crippen molar-refractivity contribution in [1.82, 2.24) is 9.78 Å². The molecule has 106 valence electrons. The molecule has 1 heterocycles. The number of hydrogen-bond donors (Lipinski definition) is 0. The van der Waals surface area contributed by atoms with E-state index in [-0.39, 0.29) is 0 Å². The fraction of sp³-hybridized carbons (Fsp3) is 0.333. The molecule has 20 heavy (non-hydrogen) atoms. The van der Waals surface area contributed by atoms with Gasteiger partial charge in [0.25, 0.3) is 0 Å². The molecular weight excluding hydrogens is 256 g/mol. The van der Waals surface area contributed by atoms with Gasteiger partial charge < -0.3 is 9.47 Å². The lowest BCUT2D eigenvalue weighted by Crippen LogP contribution is -2.09. The van der Waals surface area contributed by atoms with Gasteiger partial charge >= 0.3 is 5.97 Å². The lowest BCUT2D eigenvalue weighted by atomic mass is 10.2. The largest absolute Gasteiger partial charge is 0.472 e. The second-order valence-corrected chi connectivity index (χ2v) is 4.17. The van der Waals surface area contributed by atoms with Crippen LogP contribution in [0.25, 0.3) is 0 Å². The highest BCUT2D eigenvalue weighted by molar-refractivity contribution is 5.91. The van der Waals surface area contributed by atoms with Crippen LogP contribution in [0.1, 0.15) is 29.8 Å². The maximum Gasteiger partial charge on any atom is 0.345 e. The Morgan fingerprint density at radius 2 is 2.00 bits per heavy atom. The van der Waals surface area contributed by atoms with Gasteiger partial charge in [-0.05, 0) is 19.4 Å². The minimum Gasteiger partial charge on any atom is -0.472 e. The molecule has 0 N–H and O–H groups in total. The summed E-state index contributed by atoms with van der Waals surface area (Å²) in [5.74, 6) is 0.0464. The van der Waals surface area contributed by atoms with Crippen LogP contribution >= 0.6 is 0 Å². The Morgan fingerprint density at radius 1 is 1.25 bits per heavy atom. The molecule has 2 rings (SSSR count). The third kappa shape index (κ3) is 3.17. The van der Waals surface area contributed by atoms with Gasteiger partial charge in [0, 0.05) is 6.54 Å². The van der Waals surface area contributed by atoms with E-state index in [4.69, 9.17) is 9.47 Å². The summed E-state index contributed by atoms with van der Waals surface area (Å²) in [6.07, 6.45) is 1.49. The molecule has 0 bridgehead atoms. The smallest absolute Gasteiger partial charge is 0.345 e. The molecule has 2 aromatic rings. The standard InChI is InChI=1S/C15H18N2O3/c1-3-17-14(13(10-16-17)15(18)19-4-2)20-11-12-8-6-5-7-9-12/h5-10H,3-4,11H2,1-2H3. The first kappa shape index (κ1) is 14.1. The molecule has 0 radical (unpaired) electrons. The SMILES string of the molecule is CCOC(=O)c1cnn(CC)c1OCc1ccccc1. The van der Waals surface area contributed by atoms with Crippen molar-refractivity contribution in [3.05, 3.63) is 47.7 Å². The number of carbonyl (C=O) groups excluding carboxylic acids is 1. The Labute approximate surface area is 118 Å². The zero-order valence-electron chi connectivity index (χ0n) is 11.7. The maximum absolute atomic E-state index is 11.9. The molecule has 5 nitrogen and oxygen atoms in total. The second kappa shape index (κ2) is 6.75. The van der Waals surface area contributed by atoms with E-state index in [1.54, 1.807) is 11.6 Å². The van der Waals surface area contributed by atoms with Gasteiger partial charge in [-0.3, -0.25) is 0 Å². The lowest BCUT2D eigenvalue weighted by molar-refractivity contribution is 0.0520. The molecule has 0 atom stereocenters. The Kier molecular flexibility index (Phi) is 4.76. The zero-order valence-corrected chi connectivity index (χ0v) is 11.7. The van der Waals surface area contributed by atoms with Crippen molar-refractivity contribution >= 4 is 5.97 Å². The van der Waals surface area contributed by atoms with Crippen molar-refractivity contribution in [2.75, 3.05) is 6.61 Å². The van der Waals surface area contributed by atoms with Crippen LogP contribution in [0, 0.1) is 0 Å². The highest BCUT2D eigenvalue weighted by atomic mass is 16.5. The van der Waals surface area contributed by atoms with Crippen LogP contribution in [0.5, 0.6) is 5.88 Å². The normalized spacial score (nSPS) is 10.3. The zero-order chi connectivity index (χ0) is 14.4. The molecular formula is C15H18N2O3. The summed E-state index contributed by atoms with van der Waals surface area (Å²) in [5, 5.41) is 4.14. The van der Waals surface area contributed by atoms with Crippen LogP contribution < -0.4 is 4.74 Å². The molecule has 0 amide bonds. The molecule has 0 spiro atoms. The summed E-state index contributed by atoms with van der Waals surface area (Å²) in [7, 11) is 0. The van der Waals surface area contributed by atoms with Crippen molar-refractivity contribution in [2.45, 2.75) is 27.0 Å². The van der Waals surface area contributed by atoms with Gasteiger partial charge in [-0.2, -0.15) is 5.10 Å². The van der Waals surface area contributed by atoms with E-state index in [0.717, 1.165) is 5.56 Å². The average Bonchev–Trinajstić information content (AvgIpc) is 2.89. The van der Waals surface area contributed by atoms with E-state index in [0.29, 0.717) is 31.2 Å². The molecule has 0 aliphatic carbocycles. The minimum absolute atomic E-state index is 0.328. The fourth-order valence-electron chi connectivity index (χ4n) is 1.83. The number of hydrogen-bond acceptors (Lipinski definition) is 4. The number of esters is 1. The van der Waals surface area contributed by atoms with E-state index in [2.05, 4.69) is 5.10 Å². The van der Waals surface area contributed by atoms with Crippen LogP contribution in [0.2, 0.25) is 0 Å². The Balaban J connectivity index is 2.16. The Bertz CT molecular complexity index is 564. The van der Waals surface area contributed by atoms with Crippen LogP contribution in [-0.4, -0.2) is 22.4 Å². The third-order valence-electron chi connectivity index (χ3n) is 2.80. The average molecular weight is 274 g/mol. The summed E-state index contributed by atoms with van der Waals surface area (Å²) < 4.78 is 12.4. The van der Waals surface area contributed by atoms with Crippen LogP contribution in [0.3, 0.4) is 0 Å². The molecule has 1 aromatic heterocycles. The van der Waals surface area contributed by atoms with Crippen LogP contribution in [0.4, 0.5) is 0 Å². The first-order valence-electron chi connectivity index (χ1n) is 6.65. The van der Waals surface area contributed by atoms with Crippen molar-refractivity contribution < 1.29 is 14.3 Å². The monoisotopic (exact) mass is 274 g/mol. The molecule has 0 saturated heterocycles. The van der Waals surface area contributed by atoms with E-state index in [1.807, 2.05) is 37.3 Å². The van der Waals surface area contributed by atoms with E-state index >= 15 is 0 Å². The number of aryl methyl sites for hydroxylation is 1. The molecule has 1 aromatic carbocycles. The second-order valence-electron chi connectivity index (χ2n) is 4.17.